The smallest absolute Gasteiger partial charge is 0.0772 e. The van der Waals surface area contributed by atoms with Gasteiger partial charge in [0.25, 0.3) is 0 Å². The van der Waals surface area contributed by atoms with Gasteiger partial charge in [-0.1, -0.05) is 287 Å². The van der Waals surface area contributed by atoms with Gasteiger partial charge in [0.05, 0.1) is 16.1 Å². The quantitative estimate of drug-likeness (QED) is 0.0900. The zero-order valence-corrected chi connectivity index (χ0v) is 40.6. The molecule has 0 aliphatic carbocycles. The lowest BCUT2D eigenvalue weighted by Gasteiger charge is -2.35. The van der Waals surface area contributed by atoms with E-state index in [1.54, 1.807) is 10.4 Å². The van der Waals surface area contributed by atoms with Gasteiger partial charge in [-0.05, 0) is 78.3 Å². The maximum absolute atomic E-state index is 2.75. The molecule has 1 heterocycles. The fourth-order valence-electron chi connectivity index (χ4n) is 11.2. The topological polar surface area (TPSA) is 0 Å². The monoisotopic (exact) mass is 888 g/mol. The van der Waals surface area contributed by atoms with Crippen LogP contribution in [-0.4, -0.2) is 16.1 Å². The van der Waals surface area contributed by atoms with Gasteiger partial charge in [-0.25, -0.2) is 0 Å². The minimum Gasteiger partial charge on any atom is -0.0772 e. The van der Waals surface area contributed by atoms with Gasteiger partial charge in [-0.15, -0.1) is 0 Å². The van der Waals surface area contributed by atoms with E-state index in [2.05, 4.69) is 250 Å². The largest absolute Gasteiger partial charge is 0.0999 e. The van der Waals surface area contributed by atoms with Gasteiger partial charge in [0.15, 0.2) is 0 Å². The maximum atomic E-state index is 2.75. The molecule has 0 fully saturated rings. The van der Waals surface area contributed by atoms with E-state index in [-0.39, 0.29) is 0 Å². The first-order chi connectivity index (χ1) is 32.0. The molecule has 0 saturated carbocycles. The van der Waals surface area contributed by atoms with Crippen molar-refractivity contribution in [1.82, 2.24) is 0 Å². The van der Waals surface area contributed by atoms with Gasteiger partial charge in [0.1, 0.15) is 0 Å². The number of rotatable bonds is 15. The second kappa shape index (κ2) is 19.1. The Hall–Kier alpha value is -6.29. The van der Waals surface area contributed by atoms with E-state index in [0.29, 0.717) is 0 Å². The molecule has 10 aromatic rings. The zero-order valence-electron chi connectivity index (χ0n) is 37.7. The minimum atomic E-state index is -2.40. The van der Waals surface area contributed by atoms with Crippen LogP contribution in [0.4, 0.5) is 0 Å². The lowest BCUT2D eigenvalue weighted by molar-refractivity contribution is 1.14. The standard InChI is InChI=1S/C62H57PSi2/c1-48-38-59-57(40-61(48)64(42-50-24-10-3-11-25-50,43-51-26-12-4-13-27-51)44-52-28-14-5-15-29-52)58-41-62(49(2)39-60(58)63(59)56-36-22-9-23-37-56)65(45-53-30-16-6-17-31-53,46-54-32-18-7-19-33-54)47-55-34-20-8-21-35-55/h3-41H,42-47H2,1-2H3. The lowest BCUT2D eigenvalue weighted by atomic mass is 10.1. The van der Waals surface area contributed by atoms with Crippen molar-refractivity contribution >= 4 is 55.1 Å². The van der Waals surface area contributed by atoms with Crippen LogP contribution in [0.15, 0.2) is 237 Å². The first kappa shape index (κ1) is 42.7. The first-order valence-corrected chi connectivity index (χ1v) is 29.9. The minimum absolute atomic E-state index is 0.758. The van der Waals surface area contributed by atoms with Crippen LogP contribution in [0.5, 0.6) is 0 Å². The van der Waals surface area contributed by atoms with Crippen molar-refractivity contribution in [3.63, 3.8) is 0 Å². The summed E-state index contributed by atoms with van der Waals surface area (Å²) < 4.78 is 0. The predicted molar refractivity (Wildman–Crippen MR) is 287 cm³/mol. The molecule has 10 rings (SSSR count). The van der Waals surface area contributed by atoms with Gasteiger partial charge in [0.2, 0.25) is 0 Å². The van der Waals surface area contributed by atoms with Crippen LogP contribution in [-0.2, 0) is 36.3 Å². The molecule has 1 aromatic heterocycles. The van der Waals surface area contributed by atoms with Crippen LogP contribution in [0.25, 0.3) is 26.3 Å². The number of fused-ring (bicyclic) bond motifs is 3. The van der Waals surface area contributed by atoms with E-state index < -0.39 is 23.7 Å². The summed E-state index contributed by atoms with van der Waals surface area (Å²) in [7, 11) is -5.56. The molecule has 0 N–H and O–H groups in total. The van der Waals surface area contributed by atoms with Crippen LogP contribution in [0.3, 0.4) is 0 Å². The van der Waals surface area contributed by atoms with Crippen LogP contribution >= 0.6 is 7.53 Å². The highest BCUT2D eigenvalue weighted by molar-refractivity contribution is 7.68. The molecule has 0 atom stereocenters. The summed E-state index contributed by atoms with van der Waals surface area (Å²) in [6.07, 6.45) is 0. The van der Waals surface area contributed by atoms with Crippen molar-refractivity contribution in [2.45, 2.75) is 50.1 Å². The summed E-state index contributed by atoms with van der Waals surface area (Å²) in [6, 6.07) is 97.0. The molecular weight excluding hydrogens is 832 g/mol. The first-order valence-electron chi connectivity index (χ1n) is 23.3. The van der Waals surface area contributed by atoms with Crippen molar-refractivity contribution in [3.8, 4) is 5.30 Å². The summed E-state index contributed by atoms with van der Waals surface area (Å²) in [5.41, 5.74) is 11.5. The van der Waals surface area contributed by atoms with Crippen LogP contribution in [0.1, 0.15) is 44.5 Å². The Labute approximate surface area is 389 Å². The second-order valence-electron chi connectivity index (χ2n) is 18.6. The average molecular weight is 889 g/mol. The van der Waals surface area contributed by atoms with Crippen molar-refractivity contribution in [1.29, 1.82) is 0 Å². The molecule has 0 amide bonds. The molecule has 65 heavy (non-hydrogen) atoms. The third-order valence-corrected chi connectivity index (χ3v) is 26.3. The Morgan fingerprint density at radius 1 is 0.292 bits per heavy atom. The van der Waals surface area contributed by atoms with Gasteiger partial charge in [0, 0.05) is 10.2 Å². The van der Waals surface area contributed by atoms with Crippen LogP contribution < -0.4 is 10.4 Å². The van der Waals surface area contributed by atoms with Crippen molar-refractivity contribution < 1.29 is 0 Å². The molecule has 0 bridgehead atoms. The Bertz CT molecular complexity index is 2730. The third kappa shape index (κ3) is 9.18. The predicted octanol–water partition coefficient (Wildman–Crippen LogP) is 14.6. The molecule has 0 aliphatic rings. The highest BCUT2D eigenvalue weighted by atomic mass is 31.1. The second-order valence-corrected chi connectivity index (χ2v) is 29.0. The summed E-state index contributed by atoms with van der Waals surface area (Å²) in [6.45, 7) is 4.88. The van der Waals surface area contributed by atoms with Crippen molar-refractivity contribution in [2.24, 2.45) is 0 Å². The van der Waals surface area contributed by atoms with Gasteiger partial charge < -0.3 is 0 Å². The molecular formula is C62H57PSi2. The Morgan fingerprint density at radius 3 is 0.769 bits per heavy atom. The van der Waals surface area contributed by atoms with E-state index in [9.17, 15) is 0 Å². The maximum Gasteiger partial charge on any atom is 0.0999 e. The van der Waals surface area contributed by atoms with Crippen molar-refractivity contribution in [3.05, 3.63) is 281 Å². The van der Waals surface area contributed by atoms with Crippen LogP contribution in [0, 0.1) is 13.8 Å². The lowest BCUT2D eigenvalue weighted by Crippen LogP contribution is -2.56. The van der Waals surface area contributed by atoms with E-state index in [4.69, 9.17) is 0 Å². The van der Waals surface area contributed by atoms with E-state index >= 15 is 0 Å². The van der Waals surface area contributed by atoms with Crippen molar-refractivity contribution in [2.75, 3.05) is 0 Å². The molecule has 0 spiro atoms. The highest BCUT2D eigenvalue weighted by Crippen LogP contribution is 2.55. The van der Waals surface area contributed by atoms with Gasteiger partial charge >= 0.3 is 0 Å². The fourth-order valence-corrected chi connectivity index (χ4v) is 24.7. The molecule has 3 heteroatoms. The Morgan fingerprint density at radius 2 is 0.523 bits per heavy atom. The molecule has 318 valence electrons. The molecule has 0 aliphatic heterocycles. The SMILES string of the molecule is Cc1cc2c(cc1[Si](Cc1ccccc1)(Cc1ccccc1)Cc1ccccc1)c1cc([Si](Cc3ccccc3)(Cc3ccccc3)Cc3ccccc3)c(C)cc1p2-c1ccccc1. The summed E-state index contributed by atoms with van der Waals surface area (Å²) in [5, 5.41) is 10.6. The fraction of sp³-hybridized carbons (Fsp3) is 0.129. The number of hydrogen-bond acceptors (Lipinski definition) is 0. The number of aryl methyl sites for hydroxylation is 2. The molecule has 0 radical (unpaired) electrons. The molecule has 0 unspecified atom stereocenters. The average Bonchev–Trinajstić information content (AvgIpc) is 3.64. The van der Waals surface area contributed by atoms with E-state index in [0.717, 1.165) is 36.3 Å². The summed E-state index contributed by atoms with van der Waals surface area (Å²) in [4.78, 5) is 0. The van der Waals surface area contributed by atoms with Gasteiger partial charge in [-0.2, -0.15) is 0 Å². The Balaban J connectivity index is 1.27. The molecule has 9 aromatic carbocycles. The number of benzene rings is 9. The zero-order chi connectivity index (χ0) is 44.1. The summed E-state index contributed by atoms with van der Waals surface area (Å²) in [5.74, 6) is 0. The summed E-state index contributed by atoms with van der Waals surface area (Å²) >= 11 is 0. The van der Waals surface area contributed by atoms with Crippen LogP contribution in [0.2, 0.25) is 0 Å². The normalized spacial score (nSPS) is 11.9. The van der Waals surface area contributed by atoms with E-state index in [1.165, 1.54) is 70.8 Å². The molecule has 0 nitrogen and oxygen atoms in total. The third-order valence-electron chi connectivity index (χ3n) is 13.9. The molecule has 0 saturated heterocycles. The van der Waals surface area contributed by atoms with Gasteiger partial charge in [-0.3, -0.25) is 0 Å². The van der Waals surface area contributed by atoms with E-state index in [1.807, 2.05) is 0 Å². The number of hydrogen-bond donors (Lipinski definition) is 0. The highest BCUT2D eigenvalue weighted by Gasteiger charge is 2.40. The Kier molecular flexibility index (Phi) is 12.5.